The van der Waals surface area contributed by atoms with Crippen molar-refractivity contribution < 1.29 is 4.79 Å². The van der Waals surface area contributed by atoms with Crippen LogP contribution in [0.3, 0.4) is 0 Å². The first-order valence-electron chi connectivity index (χ1n) is 11.8. The quantitative estimate of drug-likeness (QED) is 0.609. The molecule has 2 saturated carbocycles. The highest BCUT2D eigenvalue weighted by Crippen LogP contribution is 2.41. The monoisotopic (exact) mass is 404 g/mol. The number of hydrogen-bond acceptors (Lipinski definition) is 3. The van der Waals surface area contributed by atoms with Crippen LogP contribution in [-0.4, -0.2) is 19.9 Å². The van der Waals surface area contributed by atoms with Gasteiger partial charge in [-0.05, 0) is 50.9 Å². The summed E-state index contributed by atoms with van der Waals surface area (Å²) in [6.07, 6.45) is 11.8. The zero-order valence-electron chi connectivity index (χ0n) is 18.6. The van der Waals surface area contributed by atoms with E-state index >= 15 is 0 Å². The van der Waals surface area contributed by atoms with Gasteiger partial charge in [-0.25, -0.2) is 0 Å². The van der Waals surface area contributed by atoms with Crippen molar-refractivity contribution in [1.29, 1.82) is 0 Å². The molecular formula is C27H36N2O. The highest BCUT2D eigenvalue weighted by atomic mass is 16.1. The Morgan fingerprint density at radius 1 is 0.633 bits per heavy atom. The molecule has 3 heteroatoms. The number of carbonyl (C=O) groups excluding carboxylic acids is 1. The number of hydrogen-bond donors (Lipinski definition) is 2. The Bertz CT molecular complexity index is 804. The Labute approximate surface area is 181 Å². The highest BCUT2D eigenvalue weighted by molar-refractivity contribution is 6.11. The van der Waals surface area contributed by atoms with E-state index in [1.807, 2.05) is 24.3 Å². The number of ketones is 1. The van der Waals surface area contributed by atoms with Crippen LogP contribution in [-0.2, 0) is 11.1 Å². The molecule has 160 valence electrons. The maximum absolute atomic E-state index is 14.0. The van der Waals surface area contributed by atoms with Gasteiger partial charge < -0.3 is 10.6 Å². The normalized spacial score (nSPS) is 20.6. The minimum atomic E-state index is -0.0923. The lowest BCUT2D eigenvalue weighted by atomic mass is 9.72. The lowest BCUT2D eigenvalue weighted by Crippen LogP contribution is -2.44. The summed E-state index contributed by atoms with van der Waals surface area (Å²) in [4.78, 5) is 14.0. The lowest BCUT2D eigenvalue weighted by Gasteiger charge is -2.40. The Balaban J connectivity index is 1.79. The summed E-state index contributed by atoms with van der Waals surface area (Å²) in [5.41, 5.74) is 3.89. The fraction of sp³-hybridized carbons (Fsp3) is 0.519. The summed E-state index contributed by atoms with van der Waals surface area (Å²) in [5.74, 6) is 0.168. The van der Waals surface area contributed by atoms with E-state index in [1.54, 1.807) is 0 Å². The molecule has 0 spiro atoms. The standard InChI is InChI=1S/C27H36N2O/c1-28-26(17-9-3-10-18-26)23-15-7-5-13-21(23)25(30)22-14-6-8-16-24(22)27(29-2)19-11-4-12-20-27/h5-8,13-16,28-29H,3-4,9-12,17-20H2,1-2H3. The molecule has 2 aliphatic carbocycles. The molecule has 0 unspecified atom stereocenters. The van der Waals surface area contributed by atoms with Crippen LogP contribution in [0.5, 0.6) is 0 Å². The Hall–Kier alpha value is -1.97. The number of nitrogens with one attached hydrogen (secondary N) is 2. The van der Waals surface area contributed by atoms with Gasteiger partial charge in [0.15, 0.2) is 5.78 Å². The minimum absolute atomic E-state index is 0.0923. The van der Waals surface area contributed by atoms with E-state index in [4.69, 9.17) is 0 Å². The summed E-state index contributed by atoms with van der Waals surface area (Å²) >= 11 is 0. The van der Waals surface area contributed by atoms with Crippen LogP contribution in [0.1, 0.15) is 91.3 Å². The van der Waals surface area contributed by atoms with Crippen molar-refractivity contribution in [2.75, 3.05) is 14.1 Å². The van der Waals surface area contributed by atoms with Gasteiger partial charge in [-0.15, -0.1) is 0 Å². The van der Waals surface area contributed by atoms with Crippen LogP contribution < -0.4 is 10.6 Å². The fourth-order valence-electron chi connectivity index (χ4n) is 5.96. The van der Waals surface area contributed by atoms with E-state index in [0.29, 0.717) is 0 Å². The van der Waals surface area contributed by atoms with Gasteiger partial charge in [0.25, 0.3) is 0 Å². The highest BCUT2D eigenvalue weighted by Gasteiger charge is 2.38. The molecule has 0 amide bonds. The second kappa shape index (κ2) is 9.03. The van der Waals surface area contributed by atoms with E-state index in [0.717, 1.165) is 36.8 Å². The Morgan fingerprint density at radius 3 is 1.37 bits per heavy atom. The smallest absolute Gasteiger partial charge is 0.193 e. The average Bonchev–Trinajstić information content (AvgIpc) is 2.84. The fourth-order valence-corrected chi connectivity index (χ4v) is 5.96. The topological polar surface area (TPSA) is 41.1 Å². The second-order valence-corrected chi connectivity index (χ2v) is 9.21. The third-order valence-corrected chi connectivity index (χ3v) is 7.75. The average molecular weight is 405 g/mol. The minimum Gasteiger partial charge on any atom is -0.310 e. The Kier molecular flexibility index (Phi) is 6.40. The first-order valence-corrected chi connectivity index (χ1v) is 11.8. The van der Waals surface area contributed by atoms with E-state index in [9.17, 15) is 4.79 Å². The van der Waals surface area contributed by atoms with Crippen LogP contribution in [0.15, 0.2) is 48.5 Å². The predicted octanol–water partition coefficient (Wildman–Crippen LogP) is 5.68. The molecule has 2 N–H and O–H groups in total. The summed E-state index contributed by atoms with van der Waals surface area (Å²) in [6, 6.07) is 16.6. The van der Waals surface area contributed by atoms with Crippen LogP contribution in [0.4, 0.5) is 0 Å². The summed E-state index contributed by atoms with van der Waals surface area (Å²) in [5, 5.41) is 7.23. The molecule has 0 aromatic heterocycles. The molecule has 0 aliphatic heterocycles. The Morgan fingerprint density at radius 2 is 1.00 bits per heavy atom. The number of rotatable bonds is 6. The van der Waals surface area contributed by atoms with Crippen molar-refractivity contribution in [2.24, 2.45) is 0 Å². The van der Waals surface area contributed by atoms with Crippen molar-refractivity contribution in [3.63, 3.8) is 0 Å². The molecule has 2 aromatic rings. The molecule has 0 radical (unpaired) electrons. The van der Waals surface area contributed by atoms with Gasteiger partial charge in [0.2, 0.25) is 0 Å². The van der Waals surface area contributed by atoms with Gasteiger partial charge in [0.1, 0.15) is 0 Å². The molecular weight excluding hydrogens is 368 g/mol. The molecule has 0 saturated heterocycles. The molecule has 0 heterocycles. The van der Waals surface area contributed by atoms with Crippen molar-refractivity contribution in [3.8, 4) is 0 Å². The lowest BCUT2D eigenvalue weighted by molar-refractivity contribution is 0.102. The van der Waals surface area contributed by atoms with E-state index in [1.165, 1.54) is 49.7 Å². The van der Waals surface area contributed by atoms with Gasteiger partial charge in [-0.1, -0.05) is 87.1 Å². The van der Waals surface area contributed by atoms with Crippen LogP contribution in [0, 0.1) is 0 Å². The third-order valence-electron chi connectivity index (χ3n) is 7.75. The molecule has 0 atom stereocenters. The van der Waals surface area contributed by atoms with Gasteiger partial charge in [0, 0.05) is 22.2 Å². The molecule has 2 aromatic carbocycles. The zero-order chi connectivity index (χ0) is 21.0. The molecule has 30 heavy (non-hydrogen) atoms. The summed E-state index contributed by atoms with van der Waals surface area (Å²) in [7, 11) is 4.11. The SMILES string of the molecule is CNC1(c2ccccc2C(=O)c2ccccc2C2(NC)CCCCC2)CCCCC1. The molecule has 2 fully saturated rings. The molecule has 0 bridgehead atoms. The van der Waals surface area contributed by atoms with Crippen LogP contribution in [0.2, 0.25) is 0 Å². The second-order valence-electron chi connectivity index (χ2n) is 9.21. The van der Waals surface area contributed by atoms with Gasteiger partial charge in [0.05, 0.1) is 0 Å². The van der Waals surface area contributed by atoms with Crippen molar-refractivity contribution in [2.45, 2.75) is 75.3 Å². The van der Waals surface area contributed by atoms with Gasteiger partial charge in [-0.3, -0.25) is 4.79 Å². The maximum Gasteiger partial charge on any atom is 0.193 e. The first-order chi connectivity index (χ1) is 14.7. The van der Waals surface area contributed by atoms with Gasteiger partial charge >= 0.3 is 0 Å². The predicted molar refractivity (Wildman–Crippen MR) is 124 cm³/mol. The van der Waals surface area contributed by atoms with Gasteiger partial charge in [-0.2, -0.15) is 0 Å². The van der Waals surface area contributed by atoms with E-state index in [2.05, 4.69) is 49.0 Å². The largest absolute Gasteiger partial charge is 0.310 e. The molecule has 4 rings (SSSR count). The van der Waals surface area contributed by atoms with E-state index < -0.39 is 0 Å². The van der Waals surface area contributed by atoms with Crippen LogP contribution >= 0.6 is 0 Å². The molecule has 3 nitrogen and oxygen atoms in total. The van der Waals surface area contributed by atoms with E-state index in [-0.39, 0.29) is 16.9 Å². The number of carbonyl (C=O) groups is 1. The summed E-state index contributed by atoms with van der Waals surface area (Å²) < 4.78 is 0. The maximum atomic E-state index is 14.0. The van der Waals surface area contributed by atoms with Crippen LogP contribution in [0.25, 0.3) is 0 Å². The molecule has 2 aliphatic rings. The number of benzene rings is 2. The van der Waals surface area contributed by atoms with Crippen molar-refractivity contribution in [3.05, 3.63) is 70.8 Å². The van der Waals surface area contributed by atoms with Crippen molar-refractivity contribution in [1.82, 2.24) is 10.6 Å². The first kappa shape index (κ1) is 21.3. The zero-order valence-corrected chi connectivity index (χ0v) is 18.6. The third kappa shape index (κ3) is 3.74. The van der Waals surface area contributed by atoms with Crippen molar-refractivity contribution >= 4 is 5.78 Å². The summed E-state index contributed by atoms with van der Waals surface area (Å²) in [6.45, 7) is 0.